The van der Waals surface area contributed by atoms with E-state index in [-0.39, 0.29) is 0 Å². The van der Waals surface area contributed by atoms with E-state index in [1.165, 1.54) is 22.2 Å². The summed E-state index contributed by atoms with van der Waals surface area (Å²) in [6.45, 7) is 5.13. The van der Waals surface area contributed by atoms with Crippen LogP contribution in [0, 0.1) is 18.3 Å². The number of nitriles is 1. The van der Waals surface area contributed by atoms with E-state index in [2.05, 4.69) is 41.9 Å². The van der Waals surface area contributed by atoms with Gasteiger partial charge in [-0.3, -0.25) is 0 Å². The number of para-hydroxylation sites is 1. The summed E-state index contributed by atoms with van der Waals surface area (Å²) in [5, 5.41) is 13.9. The third-order valence-electron chi connectivity index (χ3n) is 5.61. The molecule has 2 aromatic carbocycles. The van der Waals surface area contributed by atoms with Gasteiger partial charge in [-0.15, -0.1) is 0 Å². The Labute approximate surface area is 161 Å². The minimum absolute atomic E-state index is 0.506. The van der Waals surface area contributed by atoms with Crippen molar-refractivity contribution in [2.24, 2.45) is 0 Å². The number of benzene rings is 2. The van der Waals surface area contributed by atoms with Crippen LogP contribution in [0.4, 0.5) is 5.69 Å². The lowest BCUT2D eigenvalue weighted by atomic mass is 10.0. The molecular formula is C23H28N4. The molecule has 0 saturated carbocycles. The van der Waals surface area contributed by atoms with Crippen molar-refractivity contribution < 1.29 is 0 Å². The van der Waals surface area contributed by atoms with Crippen LogP contribution in [0.25, 0.3) is 10.9 Å². The number of anilines is 1. The molecule has 0 fully saturated rings. The van der Waals surface area contributed by atoms with E-state index in [1.807, 2.05) is 37.4 Å². The number of nitrogens with two attached hydrogens (primary N) is 1. The fourth-order valence-corrected chi connectivity index (χ4v) is 3.86. The first kappa shape index (κ1) is 19.0. The molecule has 4 heteroatoms. The topological polar surface area (TPSA) is 66.8 Å². The summed E-state index contributed by atoms with van der Waals surface area (Å²) in [7, 11) is 2.02. The Kier molecular flexibility index (Phi) is 5.83. The lowest BCUT2D eigenvalue weighted by molar-refractivity contribution is 0.508. The highest BCUT2D eigenvalue weighted by Crippen LogP contribution is 2.30. The summed E-state index contributed by atoms with van der Waals surface area (Å²) < 4.78 is 2.33. The summed E-state index contributed by atoms with van der Waals surface area (Å²) in [5.74, 6) is 0. The van der Waals surface area contributed by atoms with Gasteiger partial charge in [0.25, 0.3) is 0 Å². The molecule has 0 spiro atoms. The zero-order valence-electron chi connectivity index (χ0n) is 16.4. The fourth-order valence-electron chi connectivity index (χ4n) is 3.86. The van der Waals surface area contributed by atoms with E-state index in [0.29, 0.717) is 11.6 Å². The van der Waals surface area contributed by atoms with Gasteiger partial charge in [0.1, 0.15) is 0 Å². The minimum Gasteiger partial charge on any atom is -0.398 e. The zero-order valence-corrected chi connectivity index (χ0v) is 16.4. The summed E-state index contributed by atoms with van der Waals surface area (Å²) >= 11 is 0. The largest absolute Gasteiger partial charge is 0.398 e. The van der Waals surface area contributed by atoms with Crippen molar-refractivity contribution >= 4 is 16.6 Å². The third kappa shape index (κ3) is 3.84. The first-order valence-corrected chi connectivity index (χ1v) is 9.61. The molecule has 0 saturated heterocycles. The predicted octanol–water partition coefficient (Wildman–Crippen LogP) is 4.38. The molecule has 1 unspecified atom stereocenters. The highest BCUT2D eigenvalue weighted by molar-refractivity contribution is 5.87. The van der Waals surface area contributed by atoms with E-state index in [9.17, 15) is 5.26 Å². The molecule has 0 bridgehead atoms. The van der Waals surface area contributed by atoms with E-state index < -0.39 is 0 Å². The average molecular weight is 361 g/mol. The van der Waals surface area contributed by atoms with Crippen LogP contribution in [0.3, 0.4) is 0 Å². The number of aryl methyl sites for hydroxylation is 1. The molecular weight excluding hydrogens is 332 g/mol. The molecule has 1 atom stereocenters. The van der Waals surface area contributed by atoms with E-state index in [4.69, 9.17) is 5.73 Å². The van der Waals surface area contributed by atoms with Gasteiger partial charge in [-0.1, -0.05) is 25.1 Å². The second-order valence-corrected chi connectivity index (χ2v) is 7.13. The zero-order chi connectivity index (χ0) is 19.4. The van der Waals surface area contributed by atoms with Crippen molar-refractivity contribution in [2.75, 3.05) is 12.8 Å². The van der Waals surface area contributed by atoms with Gasteiger partial charge in [-0.05, 0) is 68.6 Å². The number of aromatic nitrogens is 1. The van der Waals surface area contributed by atoms with Crippen molar-refractivity contribution in [1.29, 1.82) is 5.26 Å². The van der Waals surface area contributed by atoms with Gasteiger partial charge in [-0.2, -0.15) is 5.26 Å². The van der Waals surface area contributed by atoms with Crippen molar-refractivity contribution in [3.05, 3.63) is 64.8 Å². The number of rotatable bonds is 7. The highest BCUT2D eigenvalue weighted by Gasteiger charge is 2.16. The molecule has 0 amide bonds. The normalized spacial score (nSPS) is 12.2. The van der Waals surface area contributed by atoms with Gasteiger partial charge < -0.3 is 15.6 Å². The molecule has 1 aromatic heterocycles. The van der Waals surface area contributed by atoms with E-state index >= 15 is 0 Å². The molecule has 0 aliphatic heterocycles. The smallest absolute Gasteiger partial charge is 0.0991 e. The van der Waals surface area contributed by atoms with E-state index in [0.717, 1.165) is 37.1 Å². The molecule has 3 aromatic rings. The van der Waals surface area contributed by atoms with Crippen molar-refractivity contribution in [3.63, 3.8) is 0 Å². The van der Waals surface area contributed by atoms with Gasteiger partial charge >= 0.3 is 0 Å². The Hall–Kier alpha value is -2.77. The number of fused-ring (bicyclic) bond motifs is 1. The highest BCUT2D eigenvalue weighted by atomic mass is 15.0. The Balaban J connectivity index is 2.07. The standard InChI is InChI=1S/C23H28N4/c1-4-19(26-3)10-11-20-16(2)27(15-18-7-5-6-8-22(18)25)23-12-9-17(14-24)13-21(20)23/h5-9,12-13,19,26H,4,10-11,15,25H2,1-3H3. The van der Waals surface area contributed by atoms with Crippen LogP contribution in [0.1, 0.15) is 42.1 Å². The van der Waals surface area contributed by atoms with Crippen molar-refractivity contribution in [3.8, 4) is 6.07 Å². The Morgan fingerprint density at radius 3 is 2.67 bits per heavy atom. The van der Waals surface area contributed by atoms with Crippen LogP contribution in [-0.2, 0) is 13.0 Å². The fraction of sp³-hybridized carbons (Fsp3) is 0.348. The lowest BCUT2D eigenvalue weighted by Crippen LogP contribution is -2.24. The molecule has 3 rings (SSSR count). The number of hydrogen-bond donors (Lipinski definition) is 2. The maximum atomic E-state index is 9.35. The molecule has 0 aliphatic carbocycles. The average Bonchev–Trinajstić information content (AvgIpc) is 2.95. The second-order valence-electron chi connectivity index (χ2n) is 7.13. The molecule has 1 heterocycles. The van der Waals surface area contributed by atoms with Crippen LogP contribution in [0.5, 0.6) is 0 Å². The Morgan fingerprint density at radius 1 is 1.22 bits per heavy atom. The van der Waals surface area contributed by atoms with Crippen molar-refractivity contribution in [1.82, 2.24) is 9.88 Å². The molecule has 140 valence electrons. The minimum atomic E-state index is 0.506. The summed E-state index contributed by atoms with van der Waals surface area (Å²) in [4.78, 5) is 0. The van der Waals surface area contributed by atoms with E-state index in [1.54, 1.807) is 0 Å². The van der Waals surface area contributed by atoms with Crippen LogP contribution in [-0.4, -0.2) is 17.7 Å². The van der Waals surface area contributed by atoms with Gasteiger partial charge in [0.15, 0.2) is 0 Å². The first-order valence-electron chi connectivity index (χ1n) is 9.61. The van der Waals surface area contributed by atoms with Gasteiger partial charge in [-0.25, -0.2) is 0 Å². The van der Waals surface area contributed by atoms with Crippen LogP contribution < -0.4 is 11.1 Å². The SMILES string of the molecule is CCC(CCc1c(C)n(Cc2ccccc2N)c2ccc(C#N)cc12)NC. The monoisotopic (exact) mass is 360 g/mol. The number of nitrogens with one attached hydrogen (secondary N) is 1. The molecule has 0 aliphatic rings. The molecule has 3 N–H and O–H groups in total. The number of hydrogen-bond acceptors (Lipinski definition) is 3. The van der Waals surface area contributed by atoms with Gasteiger partial charge in [0.2, 0.25) is 0 Å². The van der Waals surface area contributed by atoms with Gasteiger partial charge in [0.05, 0.1) is 11.6 Å². The molecule has 4 nitrogen and oxygen atoms in total. The summed E-state index contributed by atoms with van der Waals surface area (Å²) in [6, 6.07) is 16.8. The van der Waals surface area contributed by atoms with Gasteiger partial charge in [0, 0.05) is 34.9 Å². The Morgan fingerprint density at radius 2 is 2.00 bits per heavy atom. The first-order chi connectivity index (χ1) is 13.1. The third-order valence-corrected chi connectivity index (χ3v) is 5.61. The van der Waals surface area contributed by atoms with Crippen LogP contribution in [0.2, 0.25) is 0 Å². The maximum Gasteiger partial charge on any atom is 0.0991 e. The van der Waals surface area contributed by atoms with Crippen LogP contribution >= 0.6 is 0 Å². The maximum absolute atomic E-state index is 9.35. The summed E-state index contributed by atoms with van der Waals surface area (Å²) in [5.41, 5.74) is 12.6. The number of nitrogen functional groups attached to an aromatic ring is 1. The molecule has 0 radical (unpaired) electrons. The Bertz CT molecular complexity index is 974. The molecule has 27 heavy (non-hydrogen) atoms. The van der Waals surface area contributed by atoms with Crippen molar-refractivity contribution in [2.45, 2.75) is 45.7 Å². The predicted molar refractivity (Wildman–Crippen MR) is 113 cm³/mol. The lowest BCUT2D eigenvalue weighted by Gasteiger charge is -2.14. The van der Waals surface area contributed by atoms with Crippen LogP contribution in [0.15, 0.2) is 42.5 Å². The summed E-state index contributed by atoms with van der Waals surface area (Å²) in [6.07, 6.45) is 3.18. The second kappa shape index (κ2) is 8.28. The number of nitrogens with zero attached hydrogens (tertiary/aromatic N) is 2. The quantitative estimate of drug-likeness (QED) is 0.614.